The van der Waals surface area contributed by atoms with Crippen molar-refractivity contribution in [3.8, 4) is 11.4 Å². The first-order valence-electron chi connectivity index (χ1n) is 6.39. The van der Waals surface area contributed by atoms with Gasteiger partial charge in [0.05, 0.1) is 24.7 Å². The summed E-state index contributed by atoms with van der Waals surface area (Å²) in [6.07, 6.45) is 1.69. The Labute approximate surface area is 117 Å². The molecule has 0 atom stereocenters. The monoisotopic (exact) mass is 278 g/mol. The number of hydrogen-bond acceptors (Lipinski definition) is 4. The number of nitrogens with zero attached hydrogens (tertiary/aromatic N) is 3. The summed E-state index contributed by atoms with van der Waals surface area (Å²) in [7, 11) is 1.44. The molecule has 1 heterocycles. The SMILES string of the molecule is COc1cc(-n2nncc2CNC(C)(C)C)ccc1F. The van der Waals surface area contributed by atoms with E-state index in [4.69, 9.17) is 4.74 Å². The van der Waals surface area contributed by atoms with Crippen molar-refractivity contribution in [1.29, 1.82) is 0 Å². The van der Waals surface area contributed by atoms with Crippen molar-refractivity contribution < 1.29 is 9.13 Å². The van der Waals surface area contributed by atoms with Crippen LogP contribution in [0.25, 0.3) is 5.69 Å². The topological polar surface area (TPSA) is 52.0 Å². The summed E-state index contributed by atoms with van der Waals surface area (Å²) < 4.78 is 20.1. The maximum Gasteiger partial charge on any atom is 0.165 e. The third-order valence-electron chi connectivity index (χ3n) is 2.80. The van der Waals surface area contributed by atoms with E-state index in [0.29, 0.717) is 12.2 Å². The largest absolute Gasteiger partial charge is 0.494 e. The van der Waals surface area contributed by atoms with E-state index in [1.807, 2.05) is 0 Å². The Bertz CT molecular complexity index is 589. The quantitative estimate of drug-likeness (QED) is 0.932. The van der Waals surface area contributed by atoms with E-state index in [1.54, 1.807) is 23.0 Å². The highest BCUT2D eigenvalue weighted by Gasteiger charge is 2.13. The standard InChI is InChI=1S/C14H19FN4O/c1-14(2,3)16-8-11-9-17-18-19(11)10-5-6-12(15)13(7-10)20-4/h5-7,9,16H,8H2,1-4H3. The van der Waals surface area contributed by atoms with Crippen LogP contribution in [0.15, 0.2) is 24.4 Å². The number of nitrogens with one attached hydrogen (secondary N) is 1. The molecule has 0 amide bonds. The van der Waals surface area contributed by atoms with Crippen LogP contribution in [0.1, 0.15) is 26.5 Å². The minimum Gasteiger partial charge on any atom is -0.494 e. The third-order valence-corrected chi connectivity index (χ3v) is 2.80. The van der Waals surface area contributed by atoms with E-state index in [2.05, 4.69) is 36.4 Å². The van der Waals surface area contributed by atoms with Crippen LogP contribution in [-0.2, 0) is 6.54 Å². The van der Waals surface area contributed by atoms with Crippen LogP contribution in [0.5, 0.6) is 5.75 Å². The predicted molar refractivity (Wildman–Crippen MR) is 74.5 cm³/mol. The zero-order valence-electron chi connectivity index (χ0n) is 12.1. The number of halogens is 1. The van der Waals surface area contributed by atoms with E-state index in [9.17, 15) is 4.39 Å². The molecule has 0 unspecified atom stereocenters. The van der Waals surface area contributed by atoms with E-state index < -0.39 is 5.82 Å². The maximum atomic E-state index is 13.4. The summed E-state index contributed by atoms with van der Waals surface area (Å²) in [6, 6.07) is 4.61. The summed E-state index contributed by atoms with van der Waals surface area (Å²) in [5.41, 5.74) is 1.61. The van der Waals surface area contributed by atoms with Gasteiger partial charge in [-0.15, -0.1) is 5.10 Å². The molecule has 0 saturated carbocycles. The smallest absolute Gasteiger partial charge is 0.165 e. The molecule has 1 N–H and O–H groups in total. The van der Waals surface area contributed by atoms with Crippen molar-refractivity contribution in [2.24, 2.45) is 0 Å². The molecule has 0 aliphatic carbocycles. The van der Waals surface area contributed by atoms with Crippen molar-refractivity contribution in [3.05, 3.63) is 35.9 Å². The summed E-state index contributed by atoms with van der Waals surface area (Å²) in [4.78, 5) is 0. The number of benzene rings is 1. The van der Waals surface area contributed by atoms with Gasteiger partial charge in [-0.05, 0) is 32.9 Å². The summed E-state index contributed by atoms with van der Waals surface area (Å²) in [5.74, 6) is -0.210. The van der Waals surface area contributed by atoms with Gasteiger partial charge in [-0.1, -0.05) is 5.21 Å². The fraction of sp³-hybridized carbons (Fsp3) is 0.429. The van der Waals surface area contributed by atoms with Crippen molar-refractivity contribution in [3.63, 3.8) is 0 Å². The number of methoxy groups -OCH3 is 1. The molecule has 20 heavy (non-hydrogen) atoms. The van der Waals surface area contributed by atoms with E-state index in [0.717, 1.165) is 5.69 Å². The van der Waals surface area contributed by atoms with Gasteiger partial charge in [-0.2, -0.15) is 0 Å². The van der Waals surface area contributed by atoms with Crippen LogP contribution in [0, 0.1) is 5.82 Å². The number of rotatable bonds is 4. The second-order valence-corrected chi connectivity index (χ2v) is 5.56. The van der Waals surface area contributed by atoms with Crippen LogP contribution in [0.3, 0.4) is 0 Å². The summed E-state index contributed by atoms with van der Waals surface area (Å²) >= 11 is 0. The van der Waals surface area contributed by atoms with Gasteiger partial charge in [0, 0.05) is 18.2 Å². The highest BCUT2D eigenvalue weighted by atomic mass is 19.1. The molecule has 108 valence electrons. The highest BCUT2D eigenvalue weighted by Crippen LogP contribution is 2.21. The zero-order valence-corrected chi connectivity index (χ0v) is 12.1. The van der Waals surface area contributed by atoms with Crippen LogP contribution in [0.4, 0.5) is 4.39 Å². The predicted octanol–water partition coefficient (Wildman–Crippen LogP) is 2.30. The van der Waals surface area contributed by atoms with Crippen LogP contribution in [-0.4, -0.2) is 27.6 Å². The van der Waals surface area contributed by atoms with E-state index >= 15 is 0 Å². The first kappa shape index (κ1) is 14.5. The van der Waals surface area contributed by atoms with Crippen molar-refractivity contribution in [2.75, 3.05) is 7.11 Å². The Morgan fingerprint density at radius 2 is 2.10 bits per heavy atom. The van der Waals surface area contributed by atoms with Crippen LogP contribution >= 0.6 is 0 Å². The molecule has 2 aromatic rings. The first-order chi connectivity index (χ1) is 9.40. The Balaban J connectivity index is 2.27. The first-order valence-corrected chi connectivity index (χ1v) is 6.39. The maximum absolute atomic E-state index is 13.4. The molecule has 0 fully saturated rings. The number of ether oxygens (including phenoxy) is 1. The van der Waals surface area contributed by atoms with Gasteiger partial charge in [0.25, 0.3) is 0 Å². The third kappa shape index (κ3) is 3.33. The molecule has 0 aliphatic rings. The van der Waals surface area contributed by atoms with Gasteiger partial charge in [-0.3, -0.25) is 0 Å². The molecule has 1 aromatic heterocycles. The second kappa shape index (κ2) is 5.58. The molecular weight excluding hydrogens is 259 g/mol. The Morgan fingerprint density at radius 1 is 1.35 bits per heavy atom. The minimum absolute atomic E-state index is 0.00438. The van der Waals surface area contributed by atoms with Gasteiger partial charge in [0.2, 0.25) is 0 Å². The Kier molecular flexibility index (Phi) is 4.04. The summed E-state index contributed by atoms with van der Waals surface area (Å²) in [6.45, 7) is 6.88. The van der Waals surface area contributed by atoms with Gasteiger partial charge in [0.15, 0.2) is 11.6 Å². The fourth-order valence-electron chi connectivity index (χ4n) is 1.73. The Hall–Kier alpha value is -1.95. The second-order valence-electron chi connectivity index (χ2n) is 5.56. The molecular formula is C14H19FN4O. The van der Waals surface area contributed by atoms with Gasteiger partial charge in [0.1, 0.15) is 0 Å². The molecule has 2 rings (SSSR count). The van der Waals surface area contributed by atoms with Crippen LogP contribution in [0.2, 0.25) is 0 Å². The average molecular weight is 278 g/mol. The molecule has 0 spiro atoms. The van der Waals surface area contributed by atoms with Crippen molar-refractivity contribution in [2.45, 2.75) is 32.9 Å². The van der Waals surface area contributed by atoms with E-state index in [-0.39, 0.29) is 11.3 Å². The lowest BCUT2D eigenvalue weighted by atomic mass is 10.1. The lowest BCUT2D eigenvalue weighted by Crippen LogP contribution is -2.35. The van der Waals surface area contributed by atoms with Gasteiger partial charge >= 0.3 is 0 Å². The number of aromatic nitrogens is 3. The Morgan fingerprint density at radius 3 is 2.75 bits per heavy atom. The molecule has 0 bridgehead atoms. The van der Waals surface area contributed by atoms with Crippen molar-refractivity contribution in [1.82, 2.24) is 20.3 Å². The zero-order chi connectivity index (χ0) is 14.8. The summed E-state index contributed by atoms with van der Waals surface area (Å²) in [5, 5.41) is 11.3. The molecule has 6 heteroatoms. The lowest BCUT2D eigenvalue weighted by molar-refractivity contribution is 0.386. The lowest BCUT2D eigenvalue weighted by Gasteiger charge is -2.20. The fourth-order valence-corrected chi connectivity index (χ4v) is 1.73. The average Bonchev–Trinajstić information content (AvgIpc) is 2.84. The molecule has 5 nitrogen and oxygen atoms in total. The van der Waals surface area contributed by atoms with Gasteiger partial charge < -0.3 is 10.1 Å². The molecule has 0 aliphatic heterocycles. The number of hydrogen-bond donors (Lipinski definition) is 1. The minimum atomic E-state index is -0.397. The van der Waals surface area contributed by atoms with Crippen LogP contribution < -0.4 is 10.1 Å². The van der Waals surface area contributed by atoms with E-state index in [1.165, 1.54) is 13.2 Å². The highest BCUT2D eigenvalue weighted by molar-refractivity contribution is 5.40. The van der Waals surface area contributed by atoms with Crippen molar-refractivity contribution >= 4 is 0 Å². The molecule has 0 saturated heterocycles. The normalized spacial score (nSPS) is 11.7. The van der Waals surface area contributed by atoms with Gasteiger partial charge in [-0.25, -0.2) is 9.07 Å². The molecule has 0 radical (unpaired) electrons. The molecule has 1 aromatic carbocycles.